The van der Waals surface area contributed by atoms with Gasteiger partial charge in [0.15, 0.2) is 0 Å². The molecule has 2 rings (SSSR count). The van der Waals surface area contributed by atoms with Crippen LogP contribution in [0.3, 0.4) is 0 Å². The topological polar surface area (TPSA) is 52.6 Å². The Labute approximate surface area is 138 Å². The minimum atomic E-state index is -3.70. The lowest BCUT2D eigenvalue weighted by Gasteiger charge is -2.13. The maximum absolute atomic E-state index is 12.1. The molecule has 0 bridgehead atoms. The summed E-state index contributed by atoms with van der Waals surface area (Å²) in [7, 11) is -2.07. The molecule has 23 heavy (non-hydrogen) atoms. The Kier molecular flexibility index (Phi) is 5.80. The van der Waals surface area contributed by atoms with Crippen LogP contribution < -0.4 is 4.74 Å². The van der Waals surface area contributed by atoms with E-state index in [1.165, 1.54) is 0 Å². The molecule has 0 radical (unpaired) electrons. The second-order valence-electron chi connectivity index (χ2n) is 5.71. The van der Waals surface area contributed by atoms with E-state index in [1.807, 2.05) is 38.1 Å². The summed E-state index contributed by atoms with van der Waals surface area (Å²) in [5, 5.41) is 0. The number of aryl methyl sites for hydroxylation is 1. The lowest BCUT2D eigenvalue weighted by Crippen LogP contribution is -2.14. The normalized spacial score (nSPS) is 12.8. The fourth-order valence-electron chi connectivity index (χ4n) is 2.20. The fourth-order valence-corrected chi connectivity index (χ4v) is 3.22. The molecule has 0 saturated heterocycles. The number of benzene rings is 2. The van der Waals surface area contributed by atoms with Gasteiger partial charge in [-0.3, -0.25) is 4.18 Å². The highest BCUT2D eigenvalue weighted by atomic mass is 32.2. The van der Waals surface area contributed by atoms with Crippen LogP contribution in [-0.4, -0.2) is 22.1 Å². The Morgan fingerprint density at radius 2 is 1.61 bits per heavy atom. The average molecular weight is 334 g/mol. The van der Waals surface area contributed by atoms with E-state index in [1.54, 1.807) is 31.4 Å². The molecule has 0 aliphatic rings. The van der Waals surface area contributed by atoms with Gasteiger partial charge in [-0.05, 0) is 49.1 Å². The summed E-state index contributed by atoms with van der Waals surface area (Å²) in [5.74, 6) is 0.892. The molecule has 5 heteroatoms. The highest BCUT2D eigenvalue weighted by Gasteiger charge is 2.16. The first-order valence-electron chi connectivity index (χ1n) is 7.50. The van der Waals surface area contributed by atoms with Gasteiger partial charge < -0.3 is 4.74 Å². The summed E-state index contributed by atoms with van der Waals surface area (Å²) in [4.78, 5) is 0.194. The fraction of sp³-hybridized carbons (Fsp3) is 0.333. The molecule has 0 fully saturated rings. The molecule has 2 aromatic rings. The predicted molar refractivity (Wildman–Crippen MR) is 90.2 cm³/mol. The van der Waals surface area contributed by atoms with Crippen molar-refractivity contribution in [1.29, 1.82) is 0 Å². The van der Waals surface area contributed by atoms with Crippen molar-refractivity contribution in [2.24, 2.45) is 5.92 Å². The van der Waals surface area contributed by atoms with E-state index in [-0.39, 0.29) is 17.4 Å². The van der Waals surface area contributed by atoms with Crippen LogP contribution >= 0.6 is 0 Å². The summed E-state index contributed by atoms with van der Waals surface area (Å²) < 4.78 is 34.6. The largest absolute Gasteiger partial charge is 0.497 e. The first-order valence-corrected chi connectivity index (χ1v) is 8.90. The summed E-state index contributed by atoms with van der Waals surface area (Å²) in [6.07, 6.45) is 0.743. The van der Waals surface area contributed by atoms with Crippen molar-refractivity contribution in [3.63, 3.8) is 0 Å². The standard InChI is InChI=1S/C18H22O4S/c1-14-4-10-18(11-5-14)23(19,20)22-13-15(2)12-16-6-8-17(21-3)9-7-16/h4-11,15H,12-13H2,1-3H3. The van der Waals surface area contributed by atoms with Crippen LogP contribution in [0.15, 0.2) is 53.4 Å². The Morgan fingerprint density at radius 1 is 1.00 bits per heavy atom. The van der Waals surface area contributed by atoms with Gasteiger partial charge in [-0.25, -0.2) is 0 Å². The quantitative estimate of drug-likeness (QED) is 0.726. The predicted octanol–water partition coefficient (Wildman–Crippen LogP) is 3.59. The molecule has 124 valence electrons. The zero-order chi connectivity index (χ0) is 16.9. The monoisotopic (exact) mass is 334 g/mol. The molecule has 4 nitrogen and oxygen atoms in total. The van der Waals surface area contributed by atoms with Crippen LogP contribution in [0, 0.1) is 12.8 Å². The van der Waals surface area contributed by atoms with Gasteiger partial charge in [0.1, 0.15) is 5.75 Å². The molecule has 1 atom stereocenters. The molecular weight excluding hydrogens is 312 g/mol. The lowest BCUT2D eigenvalue weighted by atomic mass is 10.0. The van der Waals surface area contributed by atoms with Gasteiger partial charge in [0.2, 0.25) is 0 Å². The molecule has 0 N–H and O–H groups in total. The second kappa shape index (κ2) is 7.62. The molecule has 0 amide bonds. The Hall–Kier alpha value is -1.85. The zero-order valence-electron chi connectivity index (χ0n) is 13.7. The van der Waals surface area contributed by atoms with Gasteiger partial charge in [-0.15, -0.1) is 0 Å². The highest BCUT2D eigenvalue weighted by Crippen LogP contribution is 2.17. The van der Waals surface area contributed by atoms with E-state index < -0.39 is 10.1 Å². The Bertz CT molecular complexity index is 719. The van der Waals surface area contributed by atoms with Crippen molar-refractivity contribution in [3.8, 4) is 5.75 Å². The van der Waals surface area contributed by atoms with E-state index in [9.17, 15) is 8.42 Å². The zero-order valence-corrected chi connectivity index (χ0v) is 14.5. The molecule has 1 unspecified atom stereocenters. The Balaban J connectivity index is 1.92. The number of rotatable bonds is 7. The SMILES string of the molecule is COc1ccc(CC(C)COS(=O)(=O)c2ccc(C)cc2)cc1. The minimum absolute atomic E-state index is 0.0867. The molecule has 2 aromatic carbocycles. The molecule has 0 aliphatic heterocycles. The van der Waals surface area contributed by atoms with E-state index in [0.717, 1.165) is 23.3 Å². The number of hydrogen-bond donors (Lipinski definition) is 0. The maximum atomic E-state index is 12.1. The average Bonchev–Trinajstić information content (AvgIpc) is 2.54. The van der Waals surface area contributed by atoms with E-state index >= 15 is 0 Å². The van der Waals surface area contributed by atoms with Crippen molar-refractivity contribution in [2.45, 2.75) is 25.2 Å². The third-order valence-electron chi connectivity index (χ3n) is 3.56. The van der Waals surface area contributed by atoms with E-state index in [0.29, 0.717) is 0 Å². The summed E-state index contributed by atoms with van der Waals surface area (Å²) >= 11 is 0. The summed E-state index contributed by atoms with van der Waals surface area (Å²) in [6.45, 7) is 4.03. The molecular formula is C18H22O4S. The van der Waals surface area contributed by atoms with Crippen LogP contribution in [-0.2, 0) is 20.7 Å². The van der Waals surface area contributed by atoms with Gasteiger partial charge in [0.25, 0.3) is 10.1 Å². The first kappa shape index (κ1) is 17.5. The van der Waals surface area contributed by atoms with Crippen molar-refractivity contribution in [2.75, 3.05) is 13.7 Å². The van der Waals surface area contributed by atoms with Crippen LogP contribution in [0.2, 0.25) is 0 Å². The number of hydrogen-bond acceptors (Lipinski definition) is 4. The van der Waals surface area contributed by atoms with Gasteiger partial charge in [-0.1, -0.05) is 36.8 Å². The summed E-state index contributed by atoms with van der Waals surface area (Å²) in [6, 6.07) is 14.4. The molecule has 0 heterocycles. The Morgan fingerprint density at radius 3 is 2.17 bits per heavy atom. The number of methoxy groups -OCH3 is 1. The van der Waals surface area contributed by atoms with Gasteiger partial charge in [0, 0.05) is 0 Å². The highest BCUT2D eigenvalue weighted by molar-refractivity contribution is 7.86. The smallest absolute Gasteiger partial charge is 0.296 e. The molecule has 0 saturated carbocycles. The van der Waals surface area contributed by atoms with E-state index in [4.69, 9.17) is 8.92 Å². The first-order chi connectivity index (χ1) is 10.9. The molecule has 0 spiro atoms. The third-order valence-corrected chi connectivity index (χ3v) is 4.86. The molecule has 0 aliphatic carbocycles. The van der Waals surface area contributed by atoms with Gasteiger partial charge >= 0.3 is 0 Å². The second-order valence-corrected chi connectivity index (χ2v) is 7.32. The third kappa shape index (κ3) is 5.08. The van der Waals surface area contributed by atoms with Crippen LogP contribution in [0.5, 0.6) is 5.75 Å². The van der Waals surface area contributed by atoms with Crippen molar-refractivity contribution in [1.82, 2.24) is 0 Å². The van der Waals surface area contributed by atoms with Crippen molar-refractivity contribution >= 4 is 10.1 Å². The maximum Gasteiger partial charge on any atom is 0.296 e. The van der Waals surface area contributed by atoms with E-state index in [2.05, 4.69) is 0 Å². The lowest BCUT2D eigenvalue weighted by molar-refractivity contribution is 0.264. The van der Waals surface area contributed by atoms with Crippen LogP contribution in [0.25, 0.3) is 0 Å². The number of ether oxygens (including phenoxy) is 1. The summed E-state index contributed by atoms with van der Waals surface area (Å²) in [5.41, 5.74) is 2.13. The van der Waals surface area contributed by atoms with Gasteiger partial charge in [0.05, 0.1) is 18.6 Å². The van der Waals surface area contributed by atoms with Crippen molar-refractivity contribution < 1.29 is 17.3 Å². The molecule has 0 aromatic heterocycles. The minimum Gasteiger partial charge on any atom is -0.497 e. The van der Waals surface area contributed by atoms with Crippen molar-refractivity contribution in [3.05, 3.63) is 59.7 Å². The van der Waals surface area contributed by atoms with Crippen LogP contribution in [0.1, 0.15) is 18.1 Å². The van der Waals surface area contributed by atoms with Crippen LogP contribution in [0.4, 0.5) is 0 Å². The van der Waals surface area contributed by atoms with Gasteiger partial charge in [-0.2, -0.15) is 8.42 Å².